The Kier molecular flexibility index (Phi) is 3.29. The fourth-order valence-electron chi connectivity index (χ4n) is 1.84. The third kappa shape index (κ3) is 2.98. The highest BCUT2D eigenvalue weighted by molar-refractivity contribution is 7.15. The largest absolute Gasteiger partial charge is 0.353 e. The Morgan fingerprint density at radius 3 is 3.00 bits per heavy atom. The molecule has 0 saturated heterocycles. The second-order valence-corrected chi connectivity index (χ2v) is 5.84. The van der Waals surface area contributed by atoms with E-state index in [2.05, 4.69) is 15.3 Å². The highest BCUT2D eigenvalue weighted by Crippen LogP contribution is 2.27. The van der Waals surface area contributed by atoms with Gasteiger partial charge in [0.15, 0.2) is 0 Å². The van der Waals surface area contributed by atoms with Crippen molar-refractivity contribution in [2.45, 2.75) is 32.2 Å². The van der Waals surface area contributed by atoms with Crippen molar-refractivity contribution in [1.82, 2.24) is 15.3 Å². The Balaban J connectivity index is 1.75. The van der Waals surface area contributed by atoms with Crippen LogP contribution in [0.4, 0.5) is 0 Å². The first-order valence-corrected chi connectivity index (χ1v) is 7.21. The zero-order valence-corrected chi connectivity index (χ0v) is 11.5. The molecule has 4 nitrogen and oxygen atoms in total. The molecule has 0 bridgehead atoms. The lowest BCUT2D eigenvalue weighted by Gasteiger charge is -2.01. The van der Waals surface area contributed by atoms with Crippen LogP contribution in [0.2, 0.25) is 0 Å². The summed E-state index contributed by atoms with van der Waals surface area (Å²) in [6.07, 6.45) is 4.41. The van der Waals surface area contributed by atoms with E-state index in [-0.39, 0.29) is 5.91 Å². The summed E-state index contributed by atoms with van der Waals surface area (Å²) in [7, 11) is 0. The van der Waals surface area contributed by atoms with Gasteiger partial charge in [-0.05, 0) is 31.9 Å². The van der Waals surface area contributed by atoms with Crippen LogP contribution in [0, 0.1) is 6.92 Å². The summed E-state index contributed by atoms with van der Waals surface area (Å²) >= 11 is 1.55. The van der Waals surface area contributed by atoms with E-state index in [1.165, 1.54) is 0 Å². The molecule has 2 aromatic rings. The van der Waals surface area contributed by atoms with Crippen molar-refractivity contribution >= 4 is 17.2 Å². The van der Waals surface area contributed by atoms with Crippen LogP contribution in [0.15, 0.2) is 24.4 Å². The molecule has 1 aliphatic rings. The van der Waals surface area contributed by atoms with Crippen LogP contribution >= 0.6 is 11.3 Å². The number of nitrogens with one attached hydrogen (secondary N) is 1. The molecule has 98 valence electrons. The summed E-state index contributed by atoms with van der Waals surface area (Å²) in [5.41, 5.74) is 1.79. The standard InChI is InChI=1S/C14H15N3OS/c1-9-12(8-13(18)17-10-5-6-10)19-14(16-9)11-4-2-3-7-15-11/h2-4,7,10H,5-6,8H2,1H3,(H,17,18). The maximum absolute atomic E-state index is 11.8. The normalized spacial score (nSPS) is 14.4. The molecule has 0 unspecified atom stereocenters. The number of hydrogen-bond acceptors (Lipinski definition) is 4. The van der Waals surface area contributed by atoms with Crippen LogP contribution in [-0.4, -0.2) is 21.9 Å². The average Bonchev–Trinajstić information content (AvgIpc) is 3.14. The SMILES string of the molecule is Cc1nc(-c2ccccn2)sc1CC(=O)NC1CC1. The first-order chi connectivity index (χ1) is 9.22. The van der Waals surface area contributed by atoms with Gasteiger partial charge in [-0.25, -0.2) is 4.98 Å². The number of amides is 1. The zero-order chi connectivity index (χ0) is 13.2. The zero-order valence-electron chi connectivity index (χ0n) is 10.7. The van der Waals surface area contributed by atoms with Gasteiger partial charge in [-0.15, -0.1) is 11.3 Å². The molecule has 0 spiro atoms. The van der Waals surface area contributed by atoms with Gasteiger partial charge in [-0.1, -0.05) is 6.07 Å². The average molecular weight is 273 g/mol. The molecule has 0 atom stereocenters. The topological polar surface area (TPSA) is 54.9 Å². The van der Waals surface area contributed by atoms with Crippen molar-refractivity contribution in [3.8, 4) is 10.7 Å². The van der Waals surface area contributed by atoms with Crippen LogP contribution in [-0.2, 0) is 11.2 Å². The van der Waals surface area contributed by atoms with Gasteiger partial charge < -0.3 is 5.32 Å². The van der Waals surface area contributed by atoms with E-state index < -0.39 is 0 Å². The number of carbonyl (C=O) groups excluding carboxylic acids is 1. The Hall–Kier alpha value is -1.75. The van der Waals surface area contributed by atoms with E-state index in [0.717, 1.165) is 34.1 Å². The van der Waals surface area contributed by atoms with Crippen LogP contribution in [0.25, 0.3) is 10.7 Å². The van der Waals surface area contributed by atoms with Gasteiger partial charge in [0.05, 0.1) is 17.8 Å². The molecule has 1 amide bonds. The number of pyridine rings is 1. The lowest BCUT2D eigenvalue weighted by Crippen LogP contribution is -2.26. The lowest BCUT2D eigenvalue weighted by molar-refractivity contribution is -0.120. The Morgan fingerprint density at radius 1 is 1.47 bits per heavy atom. The minimum Gasteiger partial charge on any atom is -0.353 e. The maximum Gasteiger partial charge on any atom is 0.225 e. The van der Waals surface area contributed by atoms with E-state index in [9.17, 15) is 4.79 Å². The quantitative estimate of drug-likeness (QED) is 0.930. The molecule has 0 aliphatic heterocycles. The van der Waals surface area contributed by atoms with Gasteiger partial charge >= 0.3 is 0 Å². The van der Waals surface area contributed by atoms with Gasteiger partial charge in [0.25, 0.3) is 0 Å². The summed E-state index contributed by atoms with van der Waals surface area (Å²) in [6, 6.07) is 6.18. The second kappa shape index (κ2) is 5.09. The Morgan fingerprint density at radius 2 is 2.32 bits per heavy atom. The number of carbonyl (C=O) groups is 1. The Labute approximate surface area is 115 Å². The highest BCUT2D eigenvalue weighted by atomic mass is 32.1. The second-order valence-electron chi connectivity index (χ2n) is 4.76. The van der Waals surface area contributed by atoms with E-state index in [0.29, 0.717) is 12.5 Å². The van der Waals surface area contributed by atoms with E-state index in [4.69, 9.17) is 0 Å². The van der Waals surface area contributed by atoms with Crippen LogP contribution in [0.5, 0.6) is 0 Å². The minimum absolute atomic E-state index is 0.0989. The molecule has 19 heavy (non-hydrogen) atoms. The van der Waals surface area contributed by atoms with Crippen molar-refractivity contribution < 1.29 is 4.79 Å². The Bertz CT molecular complexity index is 590. The molecule has 5 heteroatoms. The highest BCUT2D eigenvalue weighted by Gasteiger charge is 2.24. The molecule has 2 aromatic heterocycles. The third-order valence-corrected chi connectivity index (χ3v) is 4.22. The summed E-state index contributed by atoms with van der Waals surface area (Å²) < 4.78 is 0. The first-order valence-electron chi connectivity index (χ1n) is 6.39. The van der Waals surface area contributed by atoms with Gasteiger partial charge in [-0.2, -0.15) is 0 Å². The predicted octanol–water partition coefficient (Wildman–Crippen LogP) is 2.33. The first kappa shape index (κ1) is 12.3. The summed E-state index contributed by atoms with van der Waals surface area (Å²) in [5.74, 6) is 0.0989. The number of rotatable bonds is 4. The summed E-state index contributed by atoms with van der Waals surface area (Å²) in [6.45, 7) is 1.95. The molecule has 0 radical (unpaired) electrons. The number of aryl methyl sites for hydroxylation is 1. The summed E-state index contributed by atoms with van der Waals surface area (Å²) in [4.78, 5) is 21.6. The molecular weight excluding hydrogens is 258 g/mol. The minimum atomic E-state index is 0.0989. The molecular formula is C14H15N3OS. The number of nitrogens with zero attached hydrogens (tertiary/aromatic N) is 2. The van der Waals surface area contributed by atoms with Crippen molar-refractivity contribution in [2.75, 3.05) is 0 Å². The number of hydrogen-bond donors (Lipinski definition) is 1. The maximum atomic E-state index is 11.8. The smallest absolute Gasteiger partial charge is 0.225 e. The van der Waals surface area contributed by atoms with E-state index in [1.807, 2.05) is 25.1 Å². The molecule has 3 rings (SSSR count). The molecule has 1 fully saturated rings. The monoisotopic (exact) mass is 273 g/mol. The third-order valence-electron chi connectivity index (χ3n) is 3.04. The van der Waals surface area contributed by atoms with Crippen molar-refractivity contribution in [3.63, 3.8) is 0 Å². The predicted molar refractivity (Wildman–Crippen MR) is 75.0 cm³/mol. The van der Waals surface area contributed by atoms with Gasteiger partial charge in [0, 0.05) is 17.1 Å². The van der Waals surface area contributed by atoms with Crippen molar-refractivity contribution in [3.05, 3.63) is 35.0 Å². The molecule has 1 saturated carbocycles. The van der Waals surface area contributed by atoms with Gasteiger partial charge in [-0.3, -0.25) is 9.78 Å². The molecule has 1 aliphatic carbocycles. The van der Waals surface area contributed by atoms with Gasteiger partial charge in [0.2, 0.25) is 5.91 Å². The fourth-order valence-corrected chi connectivity index (χ4v) is 2.88. The number of thiazole rings is 1. The van der Waals surface area contributed by atoms with Crippen molar-refractivity contribution in [2.24, 2.45) is 0 Å². The van der Waals surface area contributed by atoms with Crippen LogP contribution in [0.3, 0.4) is 0 Å². The van der Waals surface area contributed by atoms with Crippen molar-refractivity contribution in [1.29, 1.82) is 0 Å². The van der Waals surface area contributed by atoms with Crippen LogP contribution in [0.1, 0.15) is 23.4 Å². The van der Waals surface area contributed by atoms with Gasteiger partial charge in [0.1, 0.15) is 5.01 Å². The lowest BCUT2D eigenvalue weighted by atomic mass is 10.3. The van der Waals surface area contributed by atoms with E-state index in [1.54, 1.807) is 17.5 Å². The number of aromatic nitrogens is 2. The molecule has 1 N–H and O–H groups in total. The molecule has 0 aromatic carbocycles. The van der Waals surface area contributed by atoms with E-state index >= 15 is 0 Å². The fraction of sp³-hybridized carbons (Fsp3) is 0.357. The summed E-state index contributed by atoms with van der Waals surface area (Å²) in [5, 5.41) is 3.88. The van der Waals surface area contributed by atoms with Crippen LogP contribution < -0.4 is 5.32 Å². The molecule has 2 heterocycles.